The molecule has 0 aromatic heterocycles. The molecule has 0 rings (SSSR count). The number of hydrogen-bond acceptors (Lipinski definition) is 0. The summed E-state index contributed by atoms with van der Waals surface area (Å²) in [5.41, 5.74) is 0. The first kappa shape index (κ1) is 7.59. The minimum Gasteiger partial charge on any atom is -0.173 e. The number of hydrogen-bond donors (Lipinski definition) is 0. The maximum absolute atomic E-state index is 11.0. The number of halogens is 5. The van der Waals surface area contributed by atoms with E-state index in [9.17, 15) is 13.2 Å². The van der Waals surface area contributed by atoms with Crippen molar-refractivity contribution in [3.05, 3.63) is 0 Å². The molecule has 0 heterocycles. The van der Waals surface area contributed by atoms with Crippen molar-refractivity contribution in [1.29, 1.82) is 0 Å². The van der Waals surface area contributed by atoms with Crippen LogP contribution in [0.5, 0.6) is 0 Å². The average molecular weight is 168 g/mol. The van der Waals surface area contributed by atoms with Gasteiger partial charge in [0.25, 0.3) is 0 Å². The Labute approximate surface area is 49.2 Å². The summed E-state index contributed by atoms with van der Waals surface area (Å²) in [5, 5.41) is 0. The van der Waals surface area contributed by atoms with E-state index < -0.39 is 13.2 Å². The summed E-state index contributed by atoms with van der Waals surface area (Å²) in [6.07, 6.45) is 0. The van der Waals surface area contributed by atoms with Crippen LogP contribution < -0.4 is 0 Å². The molecular weight excluding hydrogens is 168 g/mol. The van der Waals surface area contributed by atoms with Gasteiger partial charge in [-0.2, -0.15) is 13.2 Å². The Morgan fingerprint density at radius 2 is 1.29 bits per heavy atom. The second-order valence-corrected chi connectivity index (χ2v) is 4.69. The number of rotatable bonds is 0. The fourth-order valence-corrected chi connectivity index (χ4v) is 0. The van der Waals surface area contributed by atoms with Crippen molar-refractivity contribution < 1.29 is 13.2 Å². The maximum Gasteiger partial charge on any atom is 0.399 e. The minimum absolute atomic E-state index is 3.11. The molecule has 0 aliphatic rings. The molecular formula is CCl2F3Si. The lowest BCUT2D eigenvalue weighted by molar-refractivity contribution is -0.0462. The molecule has 0 aliphatic carbocycles. The van der Waals surface area contributed by atoms with E-state index in [0.717, 1.165) is 0 Å². The second-order valence-electron chi connectivity index (χ2n) is 0.758. The molecule has 0 saturated heterocycles. The third-order valence-electron chi connectivity index (χ3n) is 0.214. The third kappa shape index (κ3) is 3.19. The lowest BCUT2D eigenvalue weighted by atomic mass is 11.5. The molecule has 7 heavy (non-hydrogen) atoms. The van der Waals surface area contributed by atoms with Crippen LogP contribution in [-0.2, 0) is 0 Å². The monoisotopic (exact) mass is 167 g/mol. The van der Waals surface area contributed by atoms with Crippen LogP contribution >= 0.6 is 22.2 Å². The van der Waals surface area contributed by atoms with E-state index in [0.29, 0.717) is 0 Å². The van der Waals surface area contributed by atoms with E-state index in [4.69, 9.17) is 0 Å². The van der Waals surface area contributed by atoms with E-state index in [-0.39, 0.29) is 0 Å². The standard InChI is InChI=1S/CCl2F3Si/c2-7(3)1(4,5)6. The Morgan fingerprint density at radius 1 is 1.14 bits per heavy atom. The first-order chi connectivity index (χ1) is 2.94. The Bertz CT molecular complexity index is 58.4. The van der Waals surface area contributed by atoms with Crippen LogP contribution in [0.2, 0.25) is 0 Å². The van der Waals surface area contributed by atoms with Gasteiger partial charge in [0.15, 0.2) is 0 Å². The highest BCUT2D eigenvalue weighted by Gasteiger charge is 2.40. The fraction of sp³-hybridized carbons (Fsp3) is 1.00. The zero-order valence-corrected chi connectivity index (χ0v) is 5.40. The van der Waals surface area contributed by atoms with Crippen molar-refractivity contribution in [2.45, 2.75) is 5.80 Å². The molecule has 6 heteroatoms. The van der Waals surface area contributed by atoms with Crippen molar-refractivity contribution in [2.24, 2.45) is 0 Å². The van der Waals surface area contributed by atoms with Gasteiger partial charge >= 0.3 is 13.2 Å². The van der Waals surface area contributed by atoms with E-state index in [1.165, 1.54) is 0 Å². The zero-order chi connectivity index (χ0) is 6.08. The van der Waals surface area contributed by atoms with Crippen molar-refractivity contribution in [3.8, 4) is 0 Å². The Hall–Kier alpha value is 0.587. The molecule has 43 valence electrons. The minimum atomic E-state index is -4.37. The van der Waals surface area contributed by atoms with E-state index in [2.05, 4.69) is 22.2 Å². The van der Waals surface area contributed by atoms with Gasteiger partial charge in [-0.25, -0.2) is 0 Å². The molecule has 0 spiro atoms. The van der Waals surface area contributed by atoms with Crippen LogP contribution in [0.4, 0.5) is 13.2 Å². The Balaban J connectivity index is 3.54. The molecule has 0 saturated carbocycles. The van der Waals surface area contributed by atoms with Gasteiger partial charge in [-0.05, 0) is 0 Å². The summed E-state index contributed by atoms with van der Waals surface area (Å²) in [6.45, 7) is 0. The predicted octanol–water partition coefficient (Wildman–Crippen LogP) is 2.05. The van der Waals surface area contributed by atoms with Gasteiger partial charge < -0.3 is 0 Å². The van der Waals surface area contributed by atoms with Gasteiger partial charge in [0.05, 0.1) is 0 Å². The van der Waals surface area contributed by atoms with Gasteiger partial charge in [0, 0.05) is 0 Å². The maximum atomic E-state index is 11.0. The fourth-order valence-electron chi connectivity index (χ4n) is 0. The molecule has 0 aliphatic heterocycles. The average Bonchev–Trinajstić information content (AvgIpc) is 1.31. The lowest BCUT2D eigenvalue weighted by Crippen LogP contribution is -2.21. The van der Waals surface area contributed by atoms with Crippen LogP contribution in [0.3, 0.4) is 0 Å². The highest BCUT2D eigenvalue weighted by atomic mass is 35.7. The largest absolute Gasteiger partial charge is 0.399 e. The summed E-state index contributed by atoms with van der Waals surface area (Å²) >= 11 is 8.99. The lowest BCUT2D eigenvalue weighted by Gasteiger charge is -2.00. The zero-order valence-electron chi connectivity index (χ0n) is 2.89. The molecule has 1 radical (unpaired) electrons. The smallest absolute Gasteiger partial charge is 0.173 e. The molecule has 0 fully saturated rings. The van der Waals surface area contributed by atoms with Gasteiger partial charge in [-0.15, -0.1) is 22.2 Å². The molecule has 0 aromatic carbocycles. The molecule has 0 aromatic rings. The SMILES string of the molecule is FC(F)(F)[Si](Cl)Cl. The van der Waals surface area contributed by atoms with Crippen LogP contribution in [0.15, 0.2) is 0 Å². The topological polar surface area (TPSA) is 0 Å². The first-order valence-electron chi connectivity index (χ1n) is 1.19. The molecule has 0 unspecified atom stereocenters. The van der Waals surface area contributed by atoms with Gasteiger partial charge in [0.1, 0.15) is 0 Å². The number of alkyl halides is 3. The summed E-state index contributed by atoms with van der Waals surface area (Å²) in [6, 6.07) is 0. The molecule has 0 N–H and O–H groups in total. The van der Waals surface area contributed by atoms with Crippen LogP contribution in [0.25, 0.3) is 0 Å². The van der Waals surface area contributed by atoms with Crippen LogP contribution in [-0.4, -0.2) is 13.2 Å². The normalized spacial score (nSPS) is 12.9. The van der Waals surface area contributed by atoms with E-state index in [1.807, 2.05) is 0 Å². The molecule has 0 nitrogen and oxygen atoms in total. The summed E-state index contributed by atoms with van der Waals surface area (Å²) in [7, 11) is -3.11. The van der Waals surface area contributed by atoms with E-state index >= 15 is 0 Å². The molecule has 0 amide bonds. The first-order valence-corrected chi connectivity index (χ1v) is 4.72. The molecule has 0 atom stereocenters. The van der Waals surface area contributed by atoms with Gasteiger partial charge in [-0.1, -0.05) is 0 Å². The summed E-state index contributed by atoms with van der Waals surface area (Å²) in [5.74, 6) is -4.37. The predicted molar refractivity (Wildman–Crippen MR) is 23.5 cm³/mol. The Kier molecular flexibility index (Phi) is 2.42. The highest BCUT2D eigenvalue weighted by molar-refractivity contribution is 7.34. The van der Waals surface area contributed by atoms with Gasteiger partial charge in [0.2, 0.25) is 0 Å². The van der Waals surface area contributed by atoms with Crippen molar-refractivity contribution in [2.75, 3.05) is 0 Å². The highest BCUT2D eigenvalue weighted by Crippen LogP contribution is 2.23. The second kappa shape index (κ2) is 2.24. The van der Waals surface area contributed by atoms with Crippen LogP contribution in [0.1, 0.15) is 0 Å². The third-order valence-corrected chi connectivity index (χ3v) is 1.93. The Morgan fingerprint density at radius 3 is 1.29 bits per heavy atom. The van der Waals surface area contributed by atoms with Crippen LogP contribution in [0, 0.1) is 0 Å². The van der Waals surface area contributed by atoms with E-state index in [1.54, 1.807) is 0 Å². The summed E-state index contributed by atoms with van der Waals surface area (Å²) < 4.78 is 32.9. The van der Waals surface area contributed by atoms with Crippen molar-refractivity contribution in [3.63, 3.8) is 0 Å². The van der Waals surface area contributed by atoms with Crippen molar-refractivity contribution in [1.82, 2.24) is 0 Å². The molecule has 0 bridgehead atoms. The quantitative estimate of drug-likeness (QED) is 0.383. The van der Waals surface area contributed by atoms with Crippen molar-refractivity contribution >= 4 is 29.6 Å². The summed E-state index contributed by atoms with van der Waals surface area (Å²) in [4.78, 5) is 0. The van der Waals surface area contributed by atoms with Gasteiger partial charge in [-0.3, -0.25) is 0 Å².